The summed E-state index contributed by atoms with van der Waals surface area (Å²) < 4.78 is 0. The third kappa shape index (κ3) is 4.06. The number of hydrogen-bond acceptors (Lipinski definition) is 6. The SMILES string of the molecule is Cc1cc(Nc2cc(C3CCC3)[nH]n2)nc(Nc2ccc(CC#N)cc2)n1. The average molecular weight is 359 g/mol. The summed E-state index contributed by atoms with van der Waals surface area (Å²) in [5.41, 5.74) is 3.90. The van der Waals surface area contributed by atoms with E-state index in [-0.39, 0.29) is 0 Å². The Hall–Kier alpha value is -3.40. The first kappa shape index (κ1) is 17.0. The lowest BCUT2D eigenvalue weighted by Gasteiger charge is -2.23. The maximum atomic E-state index is 8.76. The minimum absolute atomic E-state index is 0.405. The maximum Gasteiger partial charge on any atom is 0.229 e. The molecule has 1 fully saturated rings. The number of aromatic nitrogens is 4. The molecule has 0 spiro atoms. The molecule has 136 valence electrons. The molecule has 0 bridgehead atoms. The molecule has 0 saturated heterocycles. The molecule has 27 heavy (non-hydrogen) atoms. The number of H-pyrrole nitrogens is 1. The van der Waals surface area contributed by atoms with Crippen LogP contribution in [0.3, 0.4) is 0 Å². The summed E-state index contributed by atoms with van der Waals surface area (Å²) in [5, 5.41) is 22.7. The number of hydrogen-bond donors (Lipinski definition) is 3. The Kier molecular flexibility index (Phi) is 4.71. The van der Waals surface area contributed by atoms with Gasteiger partial charge in [-0.15, -0.1) is 0 Å². The zero-order chi connectivity index (χ0) is 18.6. The van der Waals surface area contributed by atoms with Crippen LogP contribution in [0.5, 0.6) is 0 Å². The first-order valence-electron chi connectivity index (χ1n) is 9.10. The quantitative estimate of drug-likeness (QED) is 0.605. The Labute approximate surface area is 157 Å². The number of anilines is 4. The molecule has 7 heteroatoms. The van der Waals surface area contributed by atoms with Crippen molar-refractivity contribution in [2.75, 3.05) is 10.6 Å². The van der Waals surface area contributed by atoms with Gasteiger partial charge in [-0.05, 0) is 37.5 Å². The van der Waals surface area contributed by atoms with Gasteiger partial charge in [-0.25, -0.2) is 4.98 Å². The summed E-state index contributed by atoms with van der Waals surface area (Å²) in [4.78, 5) is 8.97. The highest BCUT2D eigenvalue weighted by molar-refractivity contribution is 5.58. The van der Waals surface area contributed by atoms with Crippen molar-refractivity contribution in [3.63, 3.8) is 0 Å². The lowest BCUT2D eigenvalue weighted by atomic mass is 9.83. The summed E-state index contributed by atoms with van der Waals surface area (Å²) in [6, 6.07) is 13.8. The minimum Gasteiger partial charge on any atom is -0.324 e. The molecule has 2 aromatic heterocycles. The summed E-state index contributed by atoms with van der Waals surface area (Å²) in [7, 11) is 0. The minimum atomic E-state index is 0.405. The van der Waals surface area contributed by atoms with Crippen molar-refractivity contribution in [1.82, 2.24) is 20.2 Å². The van der Waals surface area contributed by atoms with Gasteiger partial charge in [0, 0.05) is 35.1 Å². The van der Waals surface area contributed by atoms with Gasteiger partial charge in [0.05, 0.1) is 12.5 Å². The van der Waals surface area contributed by atoms with Crippen LogP contribution in [-0.2, 0) is 6.42 Å². The molecule has 0 radical (unpaired) electrons. The lowest BCUT2D eigenvalue weighted by molar-refractivity contribution is 0.410. The van der Waals surface area contributed by atoms with Crippen LogP contribution in [-0.4, -0.2) is 20.2 Å². The Morgan fingerprint density at radius 1 is 1.11 bits per heavy atom. The van der Waals surface area contributed by atoms with Crippen molar-refractivity contribution in [2.24, 2.45) is 0 Å². The number of benzene rings is 1. The molecular weight excluding hydrogens is 338 g/mol. The Bertz CT molecular complexity index is 965. The van der Waals surface area contributed by atoms with Crippen molar-refractivity contribution in [3.8, 4) is 6.07 Å². The van der Waals surface area contributed by atoms with Gasteiger partial charge in [-0.3, -0.25) is 5.10 Å². The number of nitrogens with zero attached hydrogens (tertiary/aromatic N) is 4. The van der Waals surface area contributed by atoms with Crippen LogP contribution in [0.25, 0.3) is 0 Å². The molecule has 1 saturated carbocycles. The normalized spacial score (nSPS) is 13.6. The molecule has 1 aliphatic carbocycles. The van der Waals surface area contributed by atoms with Crippen LogP contribution in [0.2, 0.25) is 0 Å². The summed E-state index contributed by atoms with van der Waals surface area (Å²) in [6.45, 7) is 1.93. The van der Waals surface area contributed by atoms with E-state index < -0.39 is 0 Å². The summed E-state index contributed by atoms with van der Waals surface area (Å²) >= 11 is 0. The van der Waals surface area contributed by atoms with E-state index in [1.54, 1.807) is 0 Å². The predicted molar refractivity (Wildman–Crippen MR) is 104 cm³/mol. The third-order valence-corrected chi connectivity index (χ3v) is 4.75. The van der Waals surface area contributed by atoms with E-state index >= 15 is 0 Å². The second kappa shape index (κ2) is 7.46. The topological polar surface area (TPSA) is 102 Å². The van der Waals surface area contributed by atoms with Crippen LogP contribution in [0.1, 0.15) is 42.1 Å². The Morgan fingerprint density at radius 2 is 1.93 bits per heavy atom. The van der Waals surface area contributed by atoms with Crippen LogP contribution in [0.15, 0.2) is 36.4 Å². The largest absolute Gasteiger partial charge is 0.324 e. The maximum absolute atomic E-state index is 8.76. The molecule has 3 aromatic rings. The van der Waals surface area contributed by atoms with E-state index in [1.165, 1.54) is 25.0 Å². The van der Waals surface area contributed by atoms with Crippen molar-refractivity contribution >= 4 is 23.3 Å². The van der Waals surface area contributed by atoms with Gasteiger partial charge in [-0.2, -0.15) is 15.3 Å². The van der Waals surface area contributed by atoms with Crippen LogP contribution < -0.4 is 10.6 Å². The molecule has 1 aliphatic rings. The number of rotatable bonds is 6. The molecular formula is C20H21N7. The summed E-state index contributed by atoms with van der Waals surface area (Å²) in [5.74, 6) is 2.58. The predicted octanol–water partition coefficient (Wildman–Crippen LogP) is 4.33. The number of nitrogens with one attached hydrogen (secondary N) is 3. The van der Waals surface area contributed by atoms with Gasteiger partial charge in [0.1, 0.15) is 5.82 Å². The Morgan fingerprint density at radius 3 is 2.63 bits per heavy atom. The molecule has 2 heterocycles. The molecule has 1 aromatic carbocycles. The van der Waals surface area contributed by atoms with Crippen LogP contribution in [0, 0.1) is 18.3 Å². The van der Waals surface area contributed by atoms with Gasteiger partial charge in [-0.1, -0.05) is 18.6 Å². The van der Waals surface area contributed by atoms with Crippen molar-refractivity contribution in [3.05, 3.63) is 53.3 Å². The molecule has 0 amide bonds. The fourth-order valence-electron chi connectivity index (χ4n) is 3.08. The zero-order valence-corrected chi connectivity index (χ0v) is 15.2. The van der Waals surface area contributed by atoms with Gasteiger partial charge < -0.3 is 10.6 Å². The van der Waals surface area contributed by atoms with E-state index in [2.05, 4.69) is 42.9 Å². The number of aromatic amines is 1. The smallest absolute Gasteiger partial charge is 0.229 e. The van der Waals surface area contributed by atoms with Gasteiger partial charge in [0.15, 0.2) is 5.82 Å². The van der Waals surface area contributed by atoms with E-state index in [9.17, 15) is 0 Å². The van der Waals surface area contributed by atoms with E-state index in [0.29, 0.717) is 24.1 Å². The monoisotopic (exact) mass is 359 g/mol. The van der Waals surface area contributed by atoms with Gasteiger partial charge in [0.25, 0.3) is 0 Å². The standard InChI is InChI=1S/C20H21N7/c1-13-11-18(24-19-12-17(26-27-19)15-3-2-4-15)25-20(22-13)23-16-7-5-14(6-8-16)9-10-21/h5-8,11-12,15H,2-4,9H2,1H3,(H3,22,23,24,25,26,27). The third-order valence-electron chi connectivity index (χ3n) is 4.75. The van der Waals surface area contributed by atoms with Gasteiger partial charge >= 0.3 is 0 Å². The second-order valence-corrected chi connectivity index (χ2v) is 6.84. The number of aryl methyl sites for hydroxylation is 1. The van der Waals surface area contributed by atoms with Gasteiger partial charge in [0.2, 0.25) is 5.95 Å². The highest BCUT2D eigenvalue weighted by atomic mass is 15.2. The molecule has 0 atom stereocenters. The highest BCUT2D eigenvalue weighted by Crippen LogP contribution is 2.36. The lowest BCUT2D eigenvalue weighted by Crippen LogP contribution is -2.08. The average Bonchev–Trinajstić information content (AvgIpc) is 3.02. The molecule has 7 nitrogen and oxygen atoms in total. The second-order valence-electron chi connectivity index (χ2n) is 6.84. The summed E-state index contributed by atoms with van der Waals surface area (Å²) in [6.07, 6.45) is 4.16. The molecule has 0 aliphatic heterocycles. The fraction of sp³-hybridized carbons (Fsp3) is 0.300. The molecule has 4 rings (SSSR count). The van der Waals surface area contributed by atoms with Crippen molar-refractivity contribution in [1.29, 1.82) is 5.26 Å². The first-order valence-corrected chi connectivity index (χ1v) is 9.10. The Balaban J connectivity index is 1.47. The first-order chi connectivity index (χ1) is 13.2. The van der Waals surface area contributed by atoms with Crippen molar-refractivity contribution < 1.29 is 0 Å². The molecule has 3 N–H and O–H groups in total. The van der Waals surface area contributed by atoms with E-state index in [0.717, 1.165) is 22.8 Å². The zero-order valence-electron chi connectivity index (χ0n) is 15.2. The number of nitriles is 1. The van der Waals surface area contributed by atoms with E-state index in [4.69, 9.17) is 5.26 Å². The fourth-order valence-corrected chi connectivity index (χ4v) is 3.08. The van der Waals surface area contributed by atoms with Crippen LogP contribution in [0.4, 0.5) is 23.3 Å². The highest BCUT2D eigenvalue weighted by Gasteiger charge is 2.21. The van der Waals surface area contributed by atoms with E-state index in [1.807, 2.05) is 37.3 Å². The molecule has 0 unspecified atom stereocenters. The van der Waals surface area contributed by atoms with Crippen LogP contribution >= 0.6 is 0 Å². The van der Waals surface area contributed by atoms with Crippen molar-refractivity contribution in [2.45, 2.75) is 38.5 Å².